The Labute approximate surface area is 82.0 Å². The monoisotopic (exact) mass is 187 g/mol. The zero-order valence-corrected chi connectivity index (χ0v) is 7.49. The van der Waals surface area contributed by atoms with Gasteiger partial charge in [0.15, 0.2) is 0 Å². The second-order valence-corrected chi connectivity index (χ2v) is 2.54. The summed E-state index contributed by atoms with van der Waals surface area (Å²) in [4.78, 5) is 3.82. The average molecular weight is 187 g/mol. The first kappa shape index (κ1) is 10.0. The molecule has 0 saturated carbocycles. The molecule has 14 heavy (non-hydrogen) atoms. The lowest BCUT2D eigenvalue weighted by atomic mass is 10.2. The van der Waals surface area contributed by atoms with E-state index >= 15 is 0 Å². The van der Waals surface area contributed by atoms with Crippen LogP contribution in [0.25, 0.3) is 0 Å². The molecule has 0 bridgehead atoms. The first-order valence-electron chi connectivity index (χ1n) is 4.03. The second kappa shape index (κ2) is 4.86. The molecule has 0 radical (unpaired) electrons. The van der Waals surface area contributed by atoms with E-state index in [4.69, 9.17) is 16.1 Å². The van der Waals surface area contributed by atoms with Crippen molar-refractivity contribution in [2.45, 2.75) is 6.42 Å². The Morgan fingerprint density at radius 3 is 3.00 bits per heavy atom. The Hall–Kier alpha value is -2.04. The van der Waals surface area contributed by atoms with Gasteiger partial charge in [-0.25, -0.2) is 4.98 Å². The summed E-state index contributed by atoms with van der Waals surface area (Å²) in [5.41, 5.74) is 6.38. The molecule has 0 fully saturated rings. The Bertz CT molecular complexity index is 423. The fraction of sp³-hybridized carbons (Fsp3) is 0.200. The third-order valence-electron chi connectivity index (χ3n) is 1.51. The SMILES string of the molecule is N#Cc1cc(C#CCCO)cnc1N. The fourth-order valence-corrected chi connectivity index (χ4v) is 0.854. The van der Waals surface area contributed by atoms with Crippen molar-refractivity contribution in [2.24, 2.45) is 0 Å². The smallest absolute Gasteiger partial charge is 0.141 e. The molecule has 4 heteroatoms. The van der Waals surface area contributed by atoms with Crippen LogP contribution in [0, 0.1) is 23.2 Å². The highest BCUT2D eigenvalue weighted by atomic mass is 16.2. The van der Waals surface area contributed by atoms with Crippen molar-refractivity contribution in [1.82, 2.24) is 4.98 Å². The van der Waals surface area contributed by atoms with Crippen molar-refractivity contribution >= 4 is 5.82 Å². The van der Waals surface area contributed by atoms with Gasteiger partial charge in [-0.3, -0.25) is 0 Å². The number of hydrogen-bond donors (Lipinski definition) is 2. The van der Waals surface area contributed by atoms with Crippen LogP contribution in [0.15, 0.2) is 12.3 Å². The summed E-state index contributed by atoms with van der Waals surface area (Å²) in [6.45, 7) is 0.0283. The number of nitrogen functional groups attached to an aromatic ring is 1. The maximum Gasteiger partial charge on any atom is 0.141 e. The highest BCUT2D eigenvalue weighted by Crippen LogP contribution is 2.07. The Morgan fingerprint density at radius 1 is 1.57 bits per heavy atom. The molecule has 70 valence electrons. The van der Waals surface area contributed by atoms with E-state index in [1.165, 1.54) is 6.20 Å². The van der Waals surface area contributed by atoms with E-state index in [1.54, 1.807) is 6.07 Å². The summed E-state index contributed by atoms with van der Waals surface area (Å²) in [5.74, 6) is 5.71. The third kappa shape index (κ3) is 2.48. The molecular weight excluding hydrogens is 178 g/mol. The van der Waals surface area contributed by atoms with Crippen molar-refractivity contribution < 1.29 is 5.11 Å². The van der Waals surface area contributed by atoms with Crippen LogP contribution in [0.2, 0.25) is 0 Å². The summed E-state index contributed by atoms with van der Waals surface area (Å²) >= 11 is 0. The van der Waals surface area contributed by atoms with Crippen molar-refractivity contribution in [3.63, 3.8) is 0 Å². The number of pyridine rings is 1. The minimum atomic E-state index is 0.0283. The number of nitrogens with zero attached hydrogens (tertiary/aromatic N) is 2. The summed E-state index contributed by atoms with van der Waals surface area (Å²) in [5, 5.41) is 17.2. The van der Waals surface area contributed by atoms with E-state index in [9.17, 15) is 0 Å². The molecule has 0 unspecified atom stereocenters. The van der Waals surface area contributed by atoms with Gasteiger partial charge < -0.3 is 10.8 Å². The normalized spacial score (nSPS) is 8.57. The van der Waals surface area contributed by atoms with Crippen LogP contribution in [0.4, 0.5) is 5.82 Å². The number of aliphatic hydroxyl groups is 1. The molecule has 1 heterocycles. The zero-order chi connectivity index (χ0) is 10.4. The highest BCUT2D eigenvalue weighted by Gasteiger charge is 1.98. The molecule has 0 aliphatic rings. The topological polar surface area (TPSA) is 82.9 Å². The maximum absolute atomic E-state index is 8.66. The molecule has 4 nitrogen and oxygen atoms in total. The van der Waals surface area contributed by atoms with Crippen LogP contribution in [0.5, 0.6) is 0 Å². The van der Waals surface area contributed by atoms with E-state index in [-0.39, 0.29) is 12.4 Å². The zero-order valence-electron chi connectivity index (χ0n) is 7.49. The molecule has 0 saturated heterocycles. The van der Waals surface area contributed by atoms with E-state index in [0.717, 1.165) is 0 Å². The number of hydrogen-bond acceptors (Lipinski definition) is 4. The molecule has 0 aliphatic carbocycles. The van der Waals surface area contributed by atoms with Gasteiger partial charge in [0.1, 0.15) is 11.9 Å². The predicted octanol–water partition coefficient (Wildman–Crippen LogP) is 0.269. The summed E-state index contributed by atoms with van der Waals surface area (Å²) in [6, 6.07) is 3.50. The van der Waals surface area contributed by atoms with E-state index in [1.807, 2.05) is 6.07 Å². The lowest BCUT2D eigenvalue weighted by Crippen LogP contribution is -1.94. The van der Waals surface area contributed by atoms with Crippen molar-refractivity contribution in [2.75, 3.05) is 12.3 Å². The molecule has 0 aromatic carbocycles. The summed E-state index contributed by atoms with van der Waals surface area (Å²) in [7, 11) is 0. The molecule has 1 aromatic rings. The molecule has 0 aliphatic heterocycles. The fourth-order valence-electron chi connectivity index (χ4n) is 0.854. The molecular formula is C10H9N3O. The van der Waals surface area contributed by atoms with E-state index in [0.29, 0.717) is 17.5 Å². The van der Waals surface area contributed by atoms with Crippen molar-refractivity contribution in [3.8, 4) is 17.9 Å². The highest BCUT2D eigenvalue weighted by molar-refractivity contribution is 5.52. The van der Waals surface area contributed by atoms with Crippen molar-refractivity contribution in [1.29, 1.82) is 5.26 Å². The van der Waals surface area contributed by atoms with Crippen LogP contribution in [0.1, 0.15) is 17.5 Å². The lowest BCUT2D eigenvalue weighted by molar-refractivity contribution is 0.305. The molecule has 0 atom stereocenters. The largest absolute Gasteiger partial charge is 0.395 e. The minimum absolute atomic E-state index is 0.0283. The molecule has 0 spiro atoms. The standard InChI is InChI=1S/C10H9N3O/c11-6-9-5-8(3-1-2-4-14)7-13-10(9)12/h5,7,14H,2,4H2,(H2,12,13). The van der Waals surface area contributed by atoms with E-state index < -0.39 is 0 Å². The third-order valence-corrected chi connectivity index (χ3v) is 1.51. The van der Waals surface area contributed by atoms with Crippen LogP contribution in [-0.4, -0.2) is 16.7 Å². The summed E-state index contributed by atoms with van der Waals surface area (Å²) < 4.78 is 0. The van der Waals surface area contributed by atoms with Gasteiger partial charge in [0.2, 0.25) is 0 Å². The summed E-state index contributed by atoms with van der Waals surface area (Å²) in [6.07, 6.45) is 1.91. The number of nitriles is 1. The Morgan fingerprint density at radius 2 is 2.36 bits per heavy atom. The van der Waals surface area contributed by atoms with Gasteiger partial charge in [-0.05, 0) is 6.07 Å². The van der Waals surface area contributed by atoms with Crippen LogP contribution >= 0.6 is 0 Å². The maximum atomic E-state index is 8.66. The van der Waals surface area contributed by atoms with Gasteiger partial charge in [0.25, 0.3) is 0 Å². The van der Waals surface area contributed by atoms with Gasteiger partial charge in [-0.2, -0.15) is 5.26 Å². The van der Waals surface area contributed by atoms with E-state index in [2.05, 4.69) is 16.8 Å². The molecule has 1 rings (SSSR count). The van der Waals surface area contributed by atoms with Gasteiger partial charge in [-0.1, -0.05) is 11.8 Å². The van der Waals surface area contributed by atoms with Gasteiger partial charge in [0.05, 0.1) is 12.2 Å². The van der Waals surface area contributed by atoms with Crippen LogP contribution in [0.3, 0.4) is 0 Å². The molecule has 1 aromatic heterocycles. The molecule has 0 amide bonds. The second-order valence-electron chi connectivity index (χ2n) is 2.54. The van der Waals surface area contributed by atoms with Crippen LogP contribution in [-0.2, 0) is 0 Å². The quantitative estimate of drug-likeness (QED) is 0.618. The Kier molecular flexibility index (Phi) is 3.49. The lowest BCUT2D eigenvalue weighted by Gasteiger charge is -1.95. The average Bonchev–Trinajstić information content (AvgIpc) is 2.21. The first-order chi connectivity index (χ1) is 6.77. The van der Waals surface area contributed by atoms with Crippen molar-refractivity contribution in [3.05, 3.63) is 23.4 Å². The molecule has 3 N–H and O–H groups in total. The predicted molar refractivity (Wildman–Crippen MR) is 51.9 cm³/mol. The van der Waals surface area contributed by atoms with Gasteiger partial charge in [-0.15, -0.1) is 0 Å². The number of aliphatic hydroxyl groups excluding tert-OH is 1. The number of rotatable bonds is 1. The van der Waals surface area contributed by atoms with Gasteiger partial charge in [0, 0.05) is 18.2 Å². The van der Waals surface area contributed by atoms with Crippen LogP contribution < -0.4 is 5.73 Å². The Balaban J connectivity index is 2.93. The number of nitrogens with two attached hydrogens (primary N) is 1. The number of aromatic nitrogens is 1. The van der Waals surface area contributed by atoms with Gasteiger partial charge >= 0.3 is 0 Å². The first-order valence-corrected chi connectivity index (χ1v) is 4.03. The number of anilines is 1. The minimum Gasteiger partial charge on any atom is -0.395 e.